The van der Waals surface area contributed by atoms with Crippen molar-refractivity contribution < 1.29 is 9.53 Å². The second-order valence-electron chi connectivity index (χ2n) is 7.78. The minimum Gasteiger partial charge on any atom is -0.470 e. The van der Waals surface area contributed by atoms with E-state index >= 15 is 0 Å². The lowest BCUT2D eigenvalue weighted by Crippen LogP contribution is -2.23. The minimum atomic E-state index is -0.284. The second-order valence-corrected chi connectivity index (χ2v) is 8.18. The van der Waals surface area contributed by atoms with Crippen molar-refractivity contribution in [2.75, 3.05) is 0 Å². The Morgan fingerprint density at radius 3 is 2.37 bits per heavy atom. The number of nitrogens with one attached hydrogen (secondary N) is 1. The summed E-state index contributed by atoms with van der Waals surface area (Å²) < 4.78 is 9.05. The molecule has 0 saturated heterocycles. The van der Waals surface area contributed by atoms with Crippen LogP contribution in [0, 0.1) is 0 Å². The van der Waals surface area contributed by atoms with Crippen molar-refractivity contribution in [2.45, 2.75) is 13.3 Å². The van der Waals surface area contributed by atoms with Crippen molar-refractivity contribution in [3.05, 3.63) is 120 Å². The van der Waals surface area contributed by atoms with Crippen LogP contribution in [0.15, 0.2) is 103 Å². The first-order valence-electron chi connectivity index (χ1n) is 11.1. The molecular weight excluding hydrogens is 462 g/mol. The highest BCUT2D eigenvalue weighted by atomic mass is 35.5. The lowest BCUT2D eigenvalue weighted by Gasteiger charge is -2.07. The molecule has 174 valence electrons. The predicted molar refractivity (Wildman–Crippen MR) is 134 cm³/mol. The number of amides is 1. The molecule has 35 heavy (non-hydrogen) atoms. The monoisotopic (exact) mass is 483 g/mol. The molecule has 2 aromatic heterocycles. The summed E-state index contributed by atoms with van der Waals surface area (Å²) >= 11 is 6.12. The first-order valence-corrected chi connectivity index (χ1v) is 11.4. The number of benzene rings is 3. The standard InChI is InChI=1S/C27H22ClN5O2/c28-23-13-7-8-14-25(23)35-19-32-16-15-24(30-32)27(34)29-17-21-18-33(22-11-5-2-6-12-22)31-26(21)20-9-3-1-4-10-20/h1-16,18H,17,19H2,(H,29,34). The first kappa shape index (κ1) is 22.4. The molecule has 0 unspecified atom stereocenters. The van der Waals surface area contributed by atoms with Crippen molar-refractivity contribution in [2.24, 2.45) is 0 Å². The van der Waals surface area contributed by atoms with E-state index in [9.17, 15) is 4.79 Å². The van der Waals surface area contributed by atoms with Gasteiger partial charge in [0, 0.05) is 30.1 Å². The Morgan fingerprint density at radius 1 is 0.886 bits per heavy atom. The fraction of sp³-hybridized carbons (Fsp3) is 0.0741. The number of carbonyl (C=O) groups is 1. The second kappa shape index (κ2) is 10.3. The Hall–Kier alpha value is -4.36. The number of nitrogens with zero attached hydrogens (tertiary/aromatic N) is 4. The summed E-state index contributed by atoms with van der Waals surface area (Å²) in [5, 5.41) is 12.6. The third-order valence-corrected chi connectivity index (χ3v) is 5.67. The maximum absolute atomic E-state index is 12.8. The largest absolute Gasteiger partial charge is 0.470 e. The number of ether oxygens (including phenoxy) is 1. The maximum atomic E-state index is 12.8. The molecule has 7 nitrogen and oxygen atoms in total. The summed E-state index contributed by atoms with van der Waals surface area (Å²) in [6.45, 7) is 0.442. The molecule has 0 bridgehead atoms. The van der Waals surface area contributed by atoms with E-state index in [0.29, 0.717) is 23.0 Å². The Kier molecular flexibility index (Phi) is 6.59. The van der Waals surface area contributed by atoms with E-state index < -0.39 is 0 Å². The van der Waals surface area contributed by atoms with Gasteiger partial charge >= 0.3 is 0 Å². The number of carbonyl (C=O) groups excluding carboxylic acids is 1. The lowest BCUT2D eigenvalue weighted by molar-refractivity contribution is 0.0944. The van der Waals surface area contributed by atoms with Crippen LogP contribution >= 0.6 is 11.6 Å². The van der Waals surface area contributed by atoms with Gasteiger partial charge in [0.1, 0.15) is 11.4 Å². The van der Waals surface area contributed by atoms with E-state index in [1.165, 1.54) is 0 Å². The van der Waals surface area contributed by atoms with Crippen molar-refractivity contribution in [1.82, 2.24) is 24.9 Å². The van der Waals surface area contributed by atoms with Crippen LogP contribution in [0.2, 0.25) is 5.02 Å². The molecule has 0 aliphatic rings. The van der Waals surface area contributed by atoms with Gasteiger partial charge in [-0.15, -0.1) is 0 Å². The smallest absolute Gasteiger partial charge is 0.272 e. The van der Waals surface area contributed by atoms with Crippen LogP contribution in [0.25, 0.3) is 16.9 Å². The lowest BCUT2D eigenvalue weighted by atomic mass is 10.1. The highest BCUT2D eigenvalue weighted by Crippen LogP contribution is 2.24. The van der Waals surface area contributed by atoms with Crippen LogP contribution in [0.1, 0.15) is 16.1 Å². The molecule has 3 aromatic carbocycles. The fourth-order valence-corrected chi connectivity index (χ4v) is 3.80. The van der Waals surface area contributed by atoms with Gasteiger partial charge in [-0.05, 0) is 30.3 Å². The summed E-state index contributed by atoms with van der Waals surface area (Å²) in [5.74, 6) is 0.271. The molecule has 5 aromatic rings. The van der Waals surface area contributed by atoms with Gasteiger partial charge in [0.15, 0.2) is 6.73 Å². The van der Waals surface area contributed by atoms with Gasteiger partial charge in [0.05, 0.1) is 16.4 Å². The fourth-order valence-electron chi connectivity index (χ4n) is 3.61. The van der Waals surface area contributed by atoms with E-state index in [2.05, 4.69) is 10.4 Å². The van der Waals surface area contributed by atoms with Gasteiger partial charge < -0.3 is 10.1 Å². The zero-order chi connectivity index (χ0) is 24.0. The SMILES string of the molecule is O=C(NCc1cn(-c2ccccc2)nc1-c1ccccc1)c1ccn(COc2ccccc2Cl)n1. The molecule has 5 rings (SSSR count). The van der Waals surface area contributed by atoms with Gasteiger partial charge in [-0.3, -0.25) is 4.79 Å². The van der Waals surface area contributed by atoms with Gasteiger partial charge in [-0.1, -0.05) is 72.3 Å². The summed E-state index contributed by atoms with van der Waals surface area (Å²) in [6, 6.07) is 28.6. The Labute approximate surface area is 207 Å². The Morgan fingerprint density at radius 2 is 1.60 bits per heavy atom. The Balaban J connectivity index is 1.29. The summed E-state index contributed by atoms with van der Waals surface area (Å²) in [7, 11) is 0. The normalized spacial score (nSPS) is 10.8. The van der Waals surface area contributed by atoms with Crippen LogP contribution < -0.4 is 10.1 Å². The molecule has 1 amide bonds. The van der Waals surface area contributed by atoms with Gasteiger partial charge in [-0.25, -0.2) is 9.36 Å². The summed E-state index contributed by atoms with van der Waals surface area (Å²) in [4.78, 5) is 12.8. The molecule has 0 aliphatic heterocycles. The van der Waals surface area contributed by atoms with Crippen LogP contribution in [-0.2, 0) is 13.3 Å². The van der Waals surface area contributed by atoms with Crippen LogP contribution in [0.5, 0.6) is 5.75 Å². The average molecular weight is 484 g/mol. The zero-order valence-corrected chi connectivity index (χ0v) is 19.5. The van der Waals surface area contributed by atoms with Crippen LogP contribution in [0.4, 0.5) is 0 Å². The van der Waals surface area contributed by atoms with Crippen molar-refractivity contribution >= 4 is 17.5 Å². The van der Waals surface area contributed by atoms with E-state index in [0.717, 1.165) is 22.5 Å². The van der Waals surface area contributed by atoms with Crippen molar-refractivity contribution in [1.29, 1.82) is 0 Å². The third-order valence-electron chi connectivity index (χ3n) is 5.36. The number of rotatable bonds is 8. The molecule has 0 spiro atoms. The van der Waals surface area contributed by atoms with E-state index in [-0.39, 0.29) is 12.6 Å². The molecule has 0 atom stereocenters. The summed E-state index contributed by atoms with van der Waals surface area (Å²) in [5.41, 5.74) is 3.93. The minimum absolute atomic E-state index is 0.138. The van der Waals surface area contributed by atoms with E-state index in [1.807, 2.05) is 83.7 Å². The van der Waals surface area contributed by atoms with Crippen molar-refractivity contribution in [3.8, 4) is 22.7 Å². The molecule has 0 fully saturated rings. The molecule has 0 aliphatic carbocycles. The van der Waals surface area contributed by atoms with Gasteiger partial charge in [0.25, 0.3) is 5.91 Å². The predicted octanol–water partition coefficient (Wildman–Crippen LogP) is 5.36. The first-order chi connectivity index (χ1) is 17.2. The number of aromatic nitrogens is 4. The van der Waals surface area contributed by atoms with E-state index in [4.69, 9.17) is 21.4 Å². The number of halogens is 1. The Bertz CT molecular complexity index is 1430. The van der Waals surface area contributed by atoms with Gasteiger partial charge in [0.2, 0.25) is 0 Å². The summed E-state index contributed by atoms with van der Waals surface area (Å²) in [6.07, 6.45) is 3.63. The zero-order valence-electron chi connectivity index (χ0n) is 18.7. The van der Waals surface area contributed by atoms with Crippen LogP contribution in [-0.4, -0.2) is 25.5 Å². The quantitative estimate of drug-likeness (QED) is 0.322. The molecule has 1 N–H and O–H groups in total. The number of hydrogen-bond donors (Lipinski definition) is 1. The highest BCUT2D eigenvalue weighted by molar-refractivity contribution is 6.32. The highest BCUT2D eigenvalue weighted by Gasteiger charge is 2.15. The molecular formula is C27H22ClN5O2. The topological polar surface area (TPSA) is 74.0 Å². The average Bonchev–Trinajstić information content (AvgIpc) is 3.56. The number of hydrogen-bond acceptors (Lipinski definition) is 4. The molecule has 0 radical (unpaired) electrons. The van der Waals surface area contributed by atoms with Gasteiger partial charge in [-0.2, -0.15) is 10.2 Å². The molecule has 8 heteroatoms. The number of para-hydroxylation sites is 2. The maximum Gasteiger partial charge on any atom is 0.272 e. The third kappa shape index (κ3) is 5.26. The molecule has 0 saturated carbocycles. The van der Waals surface area contributed by atoms with E-state index in [1.54, 1.807) is 29.1 Å². The van der Waals surface area contributed by atoms with Crippen molar-refractivity contribution in [3.63, 3.8) is 0 Å². The van der Waals surface area contributed by atoms with Crippen LogP contribution in [0.3, 0.4) is 0 Å². The molecule has 2 heterocycles.